The van der Waals surface area contributed by atoms with Crippen molar-refractivity contribution in [1.82, 2.24) is 4.90 Å². The summed E-state index contributed by atoms with van der Waals surface area (Å²) in [6.45, 7) is 2.92. The number of hydrogen-bond acceptors (Lipinski definition) is 3. The topological polar surface area (TPSA) is 38.8 Å². The van der Waals surface area contributed by atoms with Gasteiger partial charge in [-0.05, 0) is 35.7 Å². The summed E-state index contributed by atoms with van der Waals surface area (Å²) in [7, 11) is 1.81. The zero-order valence-electron chi connectivity index (χ0n) is 12.8. The average molecular weight is 297 g/mol. The van der Waals surface area contributed by atoms with Crippen molar-refractivity contribution in [3.8, 4) is 11.5 Å². The van der Waals surface area contributed by atoms with Crippen LogP contribution in [0.3, 0.4) is 0 Å². The first-order valence-corrected chi connectivity index (χ1v) is 7.40. The molecule has 4 heteroatoms. The summed E-state index contributed by atoms with van der Waals surface area (Å²) in [4.78, 5) is 14.2. The maximum absolute atomic E-state index is 12.5. The van der Waals surface area contributed by atoms with Crippen molar-refractivity contribution in [3.05, 3.63) is 59.2 Å². The SMILES string of the molecule is CCc1ccc(CN(C)C(=O)c2ccc3c(c2)OCO3)cc1. The van der Waals surface area contributed by atoms with Crippen LogP contribution in [-0.4, -0.2) is 24.6 Å². The number of carbonyl (C=O) groups excluding carboxylic acids is 1. The van der Waals surface area contributed by atoms with Crippen molar-refractivity contribution >= 4 is 5.91 Å². The Hall–Kier alpha value is -2.49. The smallest absolute Gasteiger partial charge is 0.254 e. The van der Waals surface area contributed by atoms with Crippen molar-refractivity contribution in [1.29, 1.82) is 0 Å². The highest BCUT2D eigenvalue weighted by Crippen LogP contribution is 2.32. The molecular weight excluding hydrogens is 278 g/mol. The van der Waals surface area contributed by atoms with Crippen LogP contribution in [0.4, 0.5) is 0 Å². The van der Waals surface area contributed by atoms with Crippen LogP contribution < -0.4 is 9.47 Å². The minimum absolute atomic E-state index is 0.0298. The average Bonchev–Trinajstić information content (AvgIpc) is 3.02. The van der Waals surface area contributed by atoms with Crippen LogP contribution in [-0.2, 0) is 13.0 Å². The predicted molar refractivity (Wildman–Crippen MR) is 84.2 cm³/mol. The number of benzene rings is 2. The lowest BCUT2D eigenvalue weighted by Gasteiger charge is -2.17. The summed E-state index contributed by atoms with van der Waals surface area (Å²) >= 11 is 0. The number of amides is 1. The van der Waals surface area contributed by atoms with E-state index in [1.54, 1.807) is 30.1 Å². The molecule has 1 amide bonds. The molecule has 0 N–H and O–H groups in total. The third kappa shape index (κ3) is 2.91. The van der Waals surface area contributed by atoms with Crippen LogP contribution in [0.15, 0.2) is 42.5 Å². The van der Waals surface area contributed by atoms with Crippen LogP contribution in [0, 0.1) is 0 Å². The molecule has 0 spiro atoms. The first kappa shape index (κ1) is 14.4. The van der Waals surface area contributed by atoms with E-state index in [2.05, 4.69) is 31.2 Å². The number of rotatable bonds is 4. The second kappa shape index (κ2) is 6.10. The van der Waals surface area contributed by atoms with E-state index in [4.69, 9.17) is 9.47 Å². The first-order valence-electron chi connectivity index (χ1n) is 7.40. The molecule has 0 saturated carbocycles. The normalized spacial score (nSPS) is 12.3. The lowest BCUT2D eigenvalue weighted by atomic mass is 10.1. The Bertz CT molecular complexity index is 679. The summed E-state index contributed by atoms with van der Waals surface area (Å²) in [6, 6.07) is 13.6. The van der Waals surface area contributed by atoms with E-state index in [9.17, 15) is 4.79 Å². The Labute approximate surface area is 130 Å². The van der Waals surface area contributed by atoms with Gasteiger partial charge in [-0.15, -0.1) is 0 Å². The van der Waals surface area contributed by atoms with E-state index in [0.717, 1.165) is 12.0 Å². The molecule has 22 heavy (non-hydrogen) atoms. The Balaban J connectivity index is 1.71. The number of hydrogen-bond donors (Lipinski definition) is 0. The quantitative estimate of drug-likeness (QED) is 0.869. The van der Waals surface area contributed by atoms with Gasteiger partial charge in [-0.2, -0.15) is 0 Å². The molecule has 0 saturated heterocycles. The fraction of sp³-hybridized carbons (Fsp3) is 0.278. The Kier molecular flexibility index (Phi) is 4.00. The van der Waals surface area contributed by atoms with Gasteiger partial charge in [0.1, 0.15) is 0 Å². The molecule has 2 aromatic rings. The molecule has 0 aliphatic carbocycles. The summed E-state index contributed by atoms with van der Waals surface area (Å²) in [5.74, 6) is 1.29. The molecule has 0 atom stereocenters. The number of aryl methyl sites for hydroxylation is 1. The highest BCUT2D eigenvalue weighted by molar-refractivity contribution is 5.94. The van der Waals surface area contributed by atoms with Gasteiger partial charge in [0.25, 0.3) is 5.91 Å². The van der Waals surface area contributed by atoms with Gasteiger partial charge in [-0.1, -0.05) is 31.2 Å². The molecule has 1 aliphatic heterocycles. The lowest BCUT2D eigenvalue weighted by Crippen LogP contribution is -2.26. The van der Waals surface area contributed by atoms with Crippen molar-refractivity contribution in [2.24, 2.45) is 0 Å². The van der Waals surface area contributed by atoms with E-state index in [1.807, 2.05) is 0 Å². The van der Waals surface area contributed by atoms with Crippen LogP contribution >= 0.6 is 0 Å². The zero-order valence-corrected chi connectivity index (χ0v) is 12.8. The molecule has 0 aromatic heterocycles. The molecule has 0 unspecified atom stereocenters. The largest absolute Gasteiger partial charge is 0.454 e. The molecule has 114 valence electrons. The monoisotopic (exact) mass is 297 g/mol. The van der Waals surface area contributed by atoms with Crippen LogP contribution in [0.2, 0.25) is 0 Å². The third-order valence-electron chi connectivity index (χ3n) is 3.82. The second-order valence-corrected chi connectivity index (χ2v) is 5.40. The number of nitrogens with zero attached hydrogens (tertiary/aromatic N) is 1. The van der Waals surface area contributed by atoms with Crippen molar-refractivity contribution in [3.63, 3.8) is 0 Å². The fourth-order valence-corrected chi connectivity index (χ4v) is 2.48. The van der Waals surface area contributed by atoms with Gasteiger partial charge in [0.05, 0.1) is 0 Å². The lowest BCUT2D eigenvalue weighted by molar-refractivity contribution is 0.0784. The van der Waals surface area contributed by atoms with Gasteiger partial charge in [0, 0.05) is 19.2 Å². The molecule has 2 aromatic carbocycles. The number of carbonyl (C=O) groups is 1. The molecule has 1 heterocycles. The maximum atomic E-state index is 12.5. The minimum Gasteiger partial charge on any atom is -0.454 e. The van der Waals surface area contributed by atoms with Crippen molar-refractivity contribution in [2.45, 2.75) is 19.9 Å². The molecule has 3 rings (SSSR count). The van der Waals surface area contributed by atoms with E-state index in [0.29, 0.717) is 23.6 Å². The summed E-state index contributed by atoms with van der Waals surface area (Å²) in [5, 5.41) is 0. The van der Waals surface area contributed by atoms with Gasteiger partial charge in [-0.25, -0.2) is 0 Å². The zero-order chi connectivity index (χ0) is 15.5. The predicted octanol–water partition coefficient (Wildman–Crippen LogP) is 3.25. The van der Waals surface area contributed by atoms with Crippen LogP contribution in [0.1, 0.15) is 28.4 Å². The minimum atomic E-state index is -0.0298. The molecule has 0 radical (unpaired) electrons. The second-order valence-electron chi connectivity index (χ2n) is 5.40. The third-order valence-corrected chi connectivity index (χ3v) is 3.82. The molecule has 0 fully saturated rings. The van der Waals surface area contributed by atoms with Crippen molar-refractivity contribution < 1.29 is 14.3 Å². The molecule has 0 bridgehead atoms. The number of fused-ring (bicyclic) bond motifs is 1. The maximum Gasteiger partial charge on any atom is 0.254 e. The summed E-state index contributed by atoms with van der Waals surface area (Å²) in [6.07, 6.45) is 1.02. The van der Waals surface area contributed by atoms with E-state index < -0.39 is 0 Å². The highest BCUT2D eigenvalue weighted by atomic mass is 16.7. The Morgan fingerprint density at radius 1 is 1.05 bits per heavy atom. The van der Waals surface area contributed by atoms with E-state index >= 15 is 0 Å². The van der Waals surface area contributed by atoms with Gasteiger partial charge < -0.3 is 14.4 Å². The molecule has 1 aliphatic rings. The van der Waals surface area contributed by atoms with Gasteiger partial charge >= 0.3 is 0 Å². The molecule has 4 nitrogen and oxygen atoms in total. The van der Waals surface area contributed by atoms with Crippen LogP contribution in [0.25, 0.3) is 0 Å². The Morgan fingerprint density at radius 3 is 2.45 bits per heavy atom. The highest BCUT2D eigenvalue weighted by Gasteiger charge is 2.18. The number of ether oxygens (including phenoxy) is 2. The van der Waals surface area contributed by atoms with Crippen LogP contribution in [0.5, 0.6) is 11.5 Å². The standard InChI is InChI=1S/C18H19NO3/c1-3-13-4-6-14(7-5-13)11-19(2)18(20)15-8-9-16-17(10-15)22-12-21-16/h4-10H,3,11-12H2,1-2H3. The van der Waals surface area contributed by atoms with E-state index in [-0.39, 0.29) is 12.7 Å². The Morgan fingerprint density at radius 2 is 1.73 bits per heavy atom. The van der Waals surface area contributed by atoms with Crippen molar-refractivity contribution in [2.75, 3.05) is 13.8 Å². The van der Waals surface area contributed by atoms with Gasteiger partial charge in [-0.3, -0.25) is 4.79 Å². The van der Waals surface area contributed by atoms with Gasteiger partial charge in [0.2, 0.25) is 6.79 Å². The fourth-order valence-electron chi connectivity index (χ4n) is 2.48. The van der Waals surface area contributed by atoms with E-state index in [1.165, 1.54) is 5.56 Å². The summed E-state index contributed by atoms with van der Waals surface area (Å²) < 4.78 is 10.6. The van der Waals surface area contributed by atoms with Gasteiger partial charge in [0.15, 0.2) is 11.5 Å². The first-order chi connectivity index (χ1) is 10.7. The summed E-state index contributed by atoms with van der Waals surface area (Å²) in [5.41, 5.74) is 3.03. The molecular formula is C18H19NO3.